The van der Waals surface area contributed by atoms with E-state index < -0.39 is 0 Å². The summed E-state index contributed by atoms with van der Waals surface area (Å²) in [6, 6.07) is 6.65. The third-order valence-corrected chi connectivity index (χ3v) is 5.53. The molecule has 3 rings (SSSR count). The second-order valence-electron chi connectivity index (χ2n) is 7.33. The number of nitrogens with one attached hydrogen (secondary N) is 2. The molecule has 150 valence electrons. The van der Waals surface area contributed by atoms with Gasteiger partial charge in [0.2, 0.25) is 0 Å². The fourth-order valence-electron chi connectivity index (χ4n) is 3.21. The molecule has 1 aromatic heterocycles. The standard InChI is InChI=1S/C21H25BrFN3O2/c1-13(2)16-10-20(26-15-3-4-18(22)19(23)9-15)24-12-17(16)21(27)25-11-14-5-7-28-8-6-14/h3-4,9-10,12-14H,5-8,11H2,1-2H3,(H,24,26)(H,25,27). The number of aromatic nitrogens is 1. The van der Waals surface area contributed by atoms with E-state index in [2.05, 4.69) is 31.5 Å². The maximum atomic E-state index is 13.7. The molecule has 1 fully saturated rings. The van der Waals surface area contributed by atoms with Gasteiger partial charge in [0, 0.05) is 31.6 Å². The lowest BCUT2D eigenvalue weighted by molar-refractivity contribution is 0.0642. The van der Waals surface area contributed by atoms with Gasteiger partial charge in [0.1, 0.15) is 11.6 Å². The van der Waals surface area contributed by atoms with E-state index in [1.165, 1.54) is 6.07 Å². The van der Waals surface area contributed by atoms with E-state index in [0.29, 0.717) is 34.0 Å². The SMILES string of the molecule is CC(C)c1cc(Nc2ccc(Br)c(F)c2)ncc1C(=O)NCC1CCOCC1. The molecule has 0 unspecified atom stereocenters. The minimum atomic E-state index is -0.349. The number of pyridine rings is 1. The molecule has 2 heterocycles. The van der Waals surface area contributed by atoms with Crippen LogP contribution in [-0.4, -0.2) is 30.6 Å². The number of carbonyl (C=O) groups excluding carboxylic acids is 1. The summed E-state index contributed by atoms with van der Waals surface area (Å²) >= 11 is 3.14. The number of nitrogens with zero attached hydrogens (tertiary/aromatic N) is 1. The van der Waals surface area contributed by atoms with E-state index in [-0.39, 0.29) is 17.6 Å². The molecule has 0 saturated carbocycles. The Bertz CT molecular complexity index is 838. The number of carbonyl (C=O) groups is 1. The Kier molecular flexibility index (Phi) is 7.02. The van der Waals surface area contributed by atoms with Crippen molar-refractivity contribution in [2.24, 2.45) is 5.92 Å². The van der Waals surface area contributed by atoms with Crippen LogP contribution in [0.15, 0.2) is 34.9 Å². The van der Waals surface area contributed by atoms with Crippen LogP contribution in [-0.2, 0) is 4.74 Å². The van der Waals surface area contributed by atoms with Gasteiger partial charge in [-0.15, -0.1) is 0 Å². The Balaban J connectivity index is 1.72. The third-order valence-electron chi connectivity index (χ3n) is 4.89. The first kappa shape index (κ1) is 20.7. The number of rotatable bonds is 6. The molecule has 5 nitrogen and oxygen atoms in total. The van der Waals surface area contributed by atoms with Crippen LogP contribution in [0.25, 0.3) is 0 Å². The Morgan fingerprint density at radius 2 is 2.07 bits per heavy atom. The van der Waals surface area contributed by atoms with Crippen LogP contribution < -0.4 is 10.6 Å². The van der Waals surface area contributed by atoms with Gasteiger partial charge in [-0.1, -0.05) is 13.8 Å². The van der Waals surface area contributed by atoms with Gasteiger partial charge in [-0.2, -0.15) is 0 Å². The zero-order valence-corrected chi connectivity index (χ0v) is 17.7. The molecule has 2 N–H and O–H groups in total. The summed E-state index contributed by atoms with van der Waals surface area (Å²) in [5, 5.41) is 6.14. The lowest BCUT2D eigenvalue weighted by Crippen LogP contribution is -2.32. The maximum Gasteiger partial charge on any atom is 0.253 e. The summed E-state index contributed by atoms with van der Waals surface area (Å²) in [6.45, 7) is 6.24. The van der Waals surface area contributed by atoms with E-state index in [0.717, 1.165) is 31.6 Å². The molecule has 28 heavy (non-hydrogen) atoms. The van der Waals surface area contributed by atoms with Crippen molar-refractivity contribution in [2.45, 2.75) is 32.6 Å². The summed E-state index contributed by atoms with van der Waals surface area (Å²) in [5.41, 5.74) is 2.08. The molecule has 0 aliphatic carbocycles. The Hall–Kier alpha value is -1.99. The lowest BCUT2D eigenvalue weighted by Gasteiger charge is -2.22. The van der Waals surface area contributed by atoms with Crippen molar-refractivity contribution >= 4 is 33.3 Å². The molecule has 1 aliphatic rings. The quantitative estimate of drug-likeness (QED) is 0.650. The first-order valence-electron chi connectivity index (χ1n) is 9.52. The highest BCUT2D eigenvalue weighted by molar-refractivity contribution is 9.10. The zero-order chi connectivity index (χ0) is 20.1. The predicted octanol–water partition coefficient (Wildman–Crippen LogP) is 5.01. The van der Waals surface area contributed by atoms with Crippen LogP contribution in [0.3, 0.4) is 0 Å². The summed E-state index contributed by atoms with van der Waals surface area (Å²) in [4.78, 5) is 17.1. The first-order chi connectivity index (χ1) is 13.4. The van der Waals surface area contributed by atoms with Crippen molar-refractivity contribution in [3.63, 3.8) is 0 Å². The molecule has 7 heteroatoms. The molecule has 2 aromatic rings. The normalized spacial score (nSPS) is 14.9. The number of anilines is 2. The second kappa shape index (κ2) is 9.47. The third kappa shape index (κ3) is 5.29. The molecule has 0 bridgehead atoms. The van der Waals surface area contributed by atoms with Crippen LogP contribution in [0, 0.1) is 11.7 Å². The number of amides is 1. The van der Waals surface area contributed by atoms with Crippen molar-refractivity contribution in [3.8, 4) is 0 Å². The van der Waals surface area contributed by atoms with E-state index in [1.807, 2.05) is 19.9 Å². The Morgan fingerprint density at radius 3 is 2.75 bits per heavy atom. The van der Waals surface area contributed by atoms with Crippen molar-refractivity contribution in [3.05, 3.63) is 51.9 Å². The van der Waals surface area contributed by atoms with Crippen LogP contribution in [0.5, 0.6) is 0 Å². The molecule has 1 aliphatic heterocycles. The zero-order valence-electron chi connectivity index (χ0n) is 16.1. The summed E-state index contributed by atoms with van der Waals surface area (Å²) in [5.74, 6) is 0.726. The predicted molar refractivity (Wildman–Crippen MR) is 112 cm³/mol. The minimum Gasteiger partial charge on any atom is -0.381 e. The lowest BCUT2D eigenvalue weighted by atomic mass is 9.97. The molecule has 0 radical (unpaired) electrons. The van der Waals surface area contributed by atoms with Gasteiger partial charge in [-0.3, -0.25) is 4.79 Å². The van der Waals surface area contributed by atoms with Gasteiger partial charge in [0.15, 0.2) is 0 Å². The fraction of sp³-hybridized carbons (Fsp3) is 0.429. The van der Waals surface area contributed by atoms with Gasteiger partial charge in [0.05, 0.1) is 10.0 Å². The smallest absolute Gasteiger partial charge is 0.253 e. The second-order valence-corrected chi connectivity index (χ2v) is 8.19. The van der Waals surface area contributed by atoms with E-state index in [1.54, 1.807) is 18.3 Å². The number of halogens is 2. The van der Waals surface area contributed by atoms with Crippen molar-refractivity contribution in [1.29, 1.82) is 0 Å². The van der Waals surface area contributed by atoms with Gasteiger partial charge < -0.3 is 15.4 Å². The number of ether oxygens (including phenoxy) is 1. The number of hydrogen-bond acceptors (Lipinski definition) is 4. The van der Waals surface area contributed by atoms with Crippen LogP contribution in [0.4, 0.5) is 15.9 Å². The van der Waals surface area contributed by atoms with Crippen molar-refractivity contribution < 1.29 is 13.9 Å². The van der Waals surface area contributed by atoms with Crippen molar-refractivity contribution in [2.75, 3.05) is 25.1 Å². The molecule has 1 aromatic carbocycles. The molecule has 1 amide bonds. The average molecular weight is 450 g/mol. The topological polar surface area (TPSA) is 63.2 Å². The van der Waals surface area contributed by atoms with Gasteiger partial charge in [0.25, 0.3) is 5.91 Å². The van der Waals surface area contributed by atoms with Gasteiger partial charge in [-0.05, 0) is 70.4 Å². The van der Waals surface area contributed by atoms with Crippen LogP contribution in [0.2, 0.25) is 0 Å². The molecular formula is C21H25BrFN3O2. The van der Waals surface area contributed by atoms with Crippen molar-refractivity contribution in [1.82, 2.24) is 10.3 Å². The van der Waals surface area contributed by atoms with E-state index in [4.69, 9.17) is 4.74 Å². The van der Waals surface area contributed by atoms with Crippen LogP contribution >= 0.6 is 15.9 Å². The van der Waals surface area contributed by atoms with Gasteiger partial charge >= 0.3 is 0 Å². The highest BCUT2D eigenvalue weighted by Crippen LogP contribution is 2.26. The Labute approximate surface area is 173 Å². The van der Waals surface area contributed by atoms with Gasteiger partial charge in [-0.25, -0.2) is 9.37 Å². The number of hydrogen-bond donors (Lipinski definition) is 2. The molecular weight excluding hydrogens is 425 g/mol. The summed E-state index contributed by atoms with van der Waals surface area (Å²) < 4.78 is 19.5. The highest BCUT2D eigenvalue weighted by atomic mass is 79.9. The monoisotopic (exact) mass is 449 g/mol. The fourth-order valence-corrected chi connectivity index (χ4v) is 3.46. The number of benzene rings is 1. The van der Waals surface area contributed by atoms with Crippen LogP contribution in [0.1, 0.15) is 48.5 Å². The summed E-state index contributed by atoms with van der Waals surface area (Å²) in [6.07, 6.45) is 3.54. The molecule has 0 spiro atoms. The highest BCUT2D eigenvalue weighted by Gasteiger charge is 2.19. The molecule has 1 saturated heterocycles. The van der Waals surface area contributed by atoms with E-state index >= 15 is 0 Å². The Morgan fingerprint density at radius 1 is 1.32 bits per heavy atom. The summed E-state index contributed by atoms with van der Waals surface area (Å²) in [7, 11) is 0. The average Bonchev–Trinajstić information content (AvgIpc) is 2.69. The maximum absolute atomic E-state index is 13.7. The van der Waals surface area contributed by atoms with E-state index in [9.17, 15) is 9.18 Å². The minimum absolute atomic E-state index is 0.107. The molecule has 0 atom stereocenters. The first-order valence-corrected chi connectivity index (χ1v) is 10.3. The largest absolute Gasteiger partial charge is 0.381 e.